The Morgan fingerprint density at radius 2 is 1.90 bits per heavy atom. The summed E-state index contributed by atoms with van der Waals surface area (Å²) < 4.78 is 5.16. The van der Waals surface area contributed by atoms with Crippen LogP contribution in [0.3, 0.4) is 0 Å². The lowest BCUT2D eigenvalue weighted by Gasteiger charge is -2.06. The Hall–Kier alpha value is -1.81. The fraction of sp³-hybridized carbons (Fsp3) is 0.250. The van der Waals surface area contributed by atoms with E-state index in [1.165, 1.54) is 4.90 Å². The van der Waals surface area contributed by atoms with Crippen molar-refractivity contribution in [3.05, 3.63) is 53.2 Å². The first-order chi connectivity index (χ1) is 9.65. The molecule has 3 nitrogen and oxygen atoms in total. The molecule has 0 aliphatic heterocycles. The van der Waals surface area contributed by atoms with Crippen molar-refractivity contribution in [3.8, 4) is 5.88 Å². The molecule has 2 aromatic rings. The van der Waals surface area contributed by atoms with Crippen LogP contribution in [0.5, 0.6) is 5.88 Å². The maximum atomic E-state index is 12.4. The normalized spacial score (nSPS) is 10.3. The predicted octanol–water partition coefficient (Wildman–Crippen LogP) is 3.74. The van der Waals surface area contributed by atoms with Gasteiger partial charge < -0.3 is 4.74 Å². The number of ether oxygens (including phenoxy) is 1. The molecule has 0 spiro atoms. The number of benzene rings is 1. The molecule has 0 saturated heterocycles. The fourth-order valence-electron chi connectivity index (χ4n) is 1.86. The van der Waals surface area contributed by atoms with E-state index in [1.807, 2.05) is 37.3 Å². The van der Waals surface area contributed by atoms with Crippen LogP contribution in [-0.2, 0) is 0 Å². The van der Waals surface area contributed by atoms with Crippen LogP contribution in [-0.4, -0.2) is 23.6 Å². The molecule has 0 fully saturated rings. The summed E-state index contributed by atoms with van der Waals surface area (Å²) in [6.07, 6.45) is 0. The van der Waals surface area contributed by atoms with Gasteiger partial charge in [0.05, 0.1) is 7.11 Å². The Kier molecular flexibility index (Phi) is 4.79. The molecular weight excluding hydrogens is 270 g/mol. The minimum atomic E-state index is -0.0867. The highest BCUT2D eigenvalue weighted by molar-refractivity contribution is 7.99. The molecule has 0 bridgehead atoms. The molecule has 104 valence electrons. The Morgan fingerprint density at radius 1 is 1.20 bits per heavy atom. The Balaban J connectivity index is 2.26. The highest BCUT2D eigenvalue weighted by atomic mass is 32.2. The molecule has 1 heterocycles. The molecule has 4 heteroatoms. The molecule has 0 radical (unpaired) electrons. The van der Waals surface area contributed by atoms with Gasteiger partial charge in [-0.3, -0.25) is 4.79 Å². The van der Waals surface area contributed by atoms with E-state index < -0.39 is 0 Å². The molecule has 2 rings (SSSR count). The molecule has 0 saturated carbocycles. The van der Waals surface area contributed by atoms with E-state index in [1.54, 1.807) is 24.9 Å². The first-order valence-corrected chi connectivity index (χ1v) is 7.43. The summed E-state index contributed by atoms with van der Waals surface area (Å²) in [5.41, 5.74) is 1.96. The number of hydrogen-bond acceptors (Lipinski definition) is 4. The summed E-state index contributed by atoms with van der Waals surface area (Å²) in [6, 6.07) is 11.2. The highest BCUT2D eigenvalue weighted by Crippen LogP contribution is 2.20. The van der Waals surface area contributed by atoms with Crippen molar-refractivity contribution >= 4 is 17.5 Å². The van der Waals surface area contributed by atoms with Gasteiger partial charge in [0.15, 0.2) is 0 Å². The van der Waals surface area contributed by atoms with Crippen molar-refractivity contribution in [3.63, 3.8) is 0 Å². The summed E-state index contributed by atoms with van der Waals surface area (Å²) in [4.78, 5) is 17.8. The van der Waals surface area contributed by atoms with Crippen molar-refractivity contribution in [1.82, 2.24) is 4.98 Å². The Labute approximate surface area is 123 Å². The van der Waals surface area contributed by atoms with Gasteiger partial charge in [0.2, 0.25) is 11.7 Å². The first kappa shape index (κ1) is 14.6. The maximum Gasteiger partial charge on any atom is 0.216 e. The van der Waals surface area contributed by atoms with Crippen LogP contribution in [0.4, 0.5) is 0 Å². The monoisotopic (exact) mass is 287 g/mol. The zero-order valence-corrected chi connectivity index (χ0v) is 12.7. The Morgan fingerprint density at radius 3 is 2.50 bits per heavy atom. The van der Waals surface area contributed by atoms with E-state index in [4.69, 9.17) is 4.74 Å². The number of aryl methyl sites for hydroxylation is 1. The molecule has 1 aromatic heterocycles. The van der Waals surface area contributed by atoms with Crippen molar-refractivity contribution in [2.45, 2.75) is 18.7 Å². The first-order valence-electron chi connectivity index (χ1n) is 6.45. The molecule has 0 amide bonds. The van der Waals surface area contributed by atoms with Crippen molar-refractivity contribution in [1.29, 1.82) is 0 Å². The van der Waals surface area contributed by atoms with E-state index in [2.05, 4.69) is 11.9 Å². The summed E-state index contributed by atoms with van der Waals surface area (Å²) >= 11 is 1.75. The van der Waals surface area contributed by atoms with Crippen LogP contribution in [0.1, 0.15) is 28.5 Å². The van der Waals surface area contributed by atoms with Gasteiger partial charge in [0.1, 0.15) is 5.69 Å². The third kappa shape index (κ3) is 3.20. The quantitative estimate of drug-likeness (QED) is 0.620. The van der Waals surface area contributed by atoms with Gasteiger partial charge in [-0.25, -0.2) is 4.98 Å². The predicted molar refractivity (Wildman–Crippen MR) is 81.8 cm³/mol. The molecule has 20 heavy (non-hydrogen) atoms. The number of rotatable bonds is 5. The second kappa shape index (κ2) is 6.57. The topological polar surface area (TPSA) is 39.2 Å². The second-order valence-corrected chi connectivity index (χ2v) is 5.65. The van der Waals surface area contributed by atoms with E-state index in [0.717, 1.165) is 11.3 Å². The van der Waals surface area contributed by atoms with E-state index in [9.17, 15) is 4.79 Å². The molecule has 0 aliphatic rings. The van der Waals surface area contributed by atoms with Crippen LogP contribution >= 0.6 is 11.8 Å². The number of hydrogen-bond donors (Lipinski definition) is 0. The van der Waals surface area contributed by atoms with Gasteiger partial charge in [-0.2, -0.15) is 0 Å². The molecular formula is C16H17NO2S. The lowest BCUT2D eigenvalue weighted by Crippen LogP contribution is -2.05. The minimum absolute atomic E-state index is 0.0867. The lowest BCUT2D eigenvalue weighted by atomic mass is 10.1. The number of carbonyl (C=O) groups is 1. The average molecular weight is 287 g/mol. The number of ketones is 1. The fourth-order valence-corrected chi connectivity index (χ4v) is 2.52. The number of thioether (sulfide) groups is 1. The summed E-state index contributed by atoms with van der Waals surface area (Å²) in [7, 11) is 1.56. The lowest BCUT2D eigenvalue weighted by molar-refractivity contribution is 0.103. The van der Waals surface area contributed by atoms with Crippen LogP contribution in [0.25, 0.3) is 0 Å². The van der Waals surface area contributed by atoms with Crippen molar-refractivity contribution in [2.75, 3.05) is 12.9 Å². The van der Waals surface area contributed by atoms with Crippen LogP contribution in [0, 0.1) is 6.92 Å². The molecule has 0 N–H and O–H groups in total. The standard InChI is InChI=1S/C16H17NO2S/c1-4-20-13-8-6-12(7-9-13)15(18)14-10-5-11(2)16(17-14)19-3/h5-10H,4H2,1-3H3. The Bertz CT molecular complexity index is 608. The minimum Gasteiger partial charge on any atom is -0.481 e. The highest BCUT2D eigenvalue weighted by Gasteiger charge is 2.12. The zero-order chi connectivity index (χ0) is 14.5. The molecule has 0 aliphatic carbocycles. The van der Waals surface area contributed by atoms with E-state index in [0.29, 0.717) is 17.1 Å². The largest absolute Gasteiger partial charge is 0.481 e. The van der Waals surface area contributed by atoms with Crippen molar-refractivity contribution < 1.29 is 9.53 Å². The molecule has 0 atom stereocenters. The van der Waals surface area contributed by atoms with Crippen LogP contribution < -0.4 is 4.74 Å². The van der Waals surface area contributed by atoms with Gasteiger partial charge >= 0.3 is 0 Å². The van der Waals surface area contributed by atoms with Crippen LogP contribution in [0.2, 0.25) is 0 Å². The van der Waals surface area contributed by atoms with Gasteiger partial charge in [0, 0.05) is 16.0 Å². The second-order valence-electron chi connectivity index (χ2n) is 4.31. The smallest absolute Gasteiger partial charge is 0.216 e. The number of pyridine rings is 1. The van der Waals surface area contributed by atoms with Crippen molar-refractivity contribution in [2.24, 2.45) is 0 Å². The maximum absolute atomic E-state index is 12.4. The van der Waals surface area contributed by atoms with Gasteiger partial charge in [0.25, 0.3) is 0 Å². The summed E-state index contributed by atoms with van der Waals surface area (Å²) in [5, 5.41) is 0. The number of carbonyl (C=O) groups excluding carboxylic acids is 1. The van der Waals surface area contributed by atoms with Crippen LogP contribution in [0.15, 0.2) is 41.3 Å². The summed E-state index contributed by atoms with van der Waals surface area (Å²) in [6.45, 7) is 4.00. The zero-order valence-electron chi connectivity index (χ0n) is 11.8. The number of aromatic nitrogens is 1. The van der Waals surface area contributed by atoms with E-state index >= 15 is 0 Å². The average Bonchev–Trinajstić information content (AvgIpc) is 2.48. The van der Waals surface area contributed by atoms with Gasteiger partial charge in [-0.05, 0) is 43.0 Å². The van der Waals surface area contributed by atoms with E-state index in [-0.39, 0.29) is 5.78 Å². The SMILES string of the molecule is CCSc1ccc(C(=O)c2ccc(C)c(OC)n2)cc1. The van der Waals surface area contributed by atoms with Gasteiger partial charge in [-0.15, -0.1) is 11.8 Å². The third-order valence-corrected chi connectivity index (χ3v) is 3.80. The summed E-state index contributed by atoms with van der Waals surface area (Å²) in [5.74, 6) is 1.43. The number of nitrogens with zero attached hydrogens (tertiary/aromatic N) is 1. The number of methoxy groups -OCH3 is 1. The third-order valence-electron chi connectivity index (χ3n) is 2.90. The molecule has 1 aromatic carbocycles. The molecule has 0 unspecified atom stereocenters. The van der Waals surface area contributed by atoms with Gasteiger partial charge in [-0.1, -0.05) is 13.0 Å².